The number of aliphatic hydroxyl groups excluding tert-OH is 1. The Labute approximate surface area is 256 Å². The number of rotatable bonds is 12. The largest absolute Gasteiger partial charge is 0.426 e. The van der Waals surface area contributed by atoms with E-state index in [4.69, 9.17) is 5.41 Å². The number of benzene rings is 1. The van der Waals surface area contributed by atoms with Gasteiger partial charge in [-0.3, -0.25) is 20.4 Å². The molecule has 0 spiro atoms. The maximum Gasteiger partial charge on any atom is 0.426 e. The molecule has 9 nitrogen and oxygen atoms in total. The predicted octanol–water partition coefficient (Wildman–Crippen LogP) is 3.58. The summed E-state index contributed by atoms with van der Waals surface area (Å²) in [6, 6.07) is 9.03. The maximum atomic E-state index is 13.7. The number of aliphatic hydroxyl groups is 1. The smallest absolute Gasteiger partial charge is 0.379 e. The van der Waals surface area contributed by atoms with Crippen LogP contribution in [0, 0.1) is 11.3 Å². The molecule has 2 aliphatic rings. The van der Waals surface area contributed by atoms with Gasteiger partial charge in [-0.25, -0.2) is 9.24 Å². The SMILES string of the molecule is C=[N+]=c1c(C(=O)Nc2cccc([C@]3(C(=C)N(C)C=N)C[C@@H](C)C3)c2)cc(CN2CCC(NC(O)CC)C2)cn1CC(F)(F)F. The van der Waals surface area contributed by atoms with Crippen molar-refractivity contribution < 1.29 is 23.1 Å². The molecule has 2 unspecified atom stereocenters. The molecule has 1 aliphatic carbocycles. The van der Waals surface area contributed by atoms with Crippen molar-refractivity contribution in [3.05, 3.63) is 71.0 Å². The Morgan fingerprint density at radius 1 is 1.34 bits per heavy atom. The van der Waals surface area contributed by atoms with Crippen LogP contribution in [-0.2, 0) is 18.5 Å². The second-order valence-electron chi connectivity index (χ2n) is 12.1. The van der Waals surface area contributed by atoms with Gasteiger partial charge >= 0.3 is 11.7 Å². The van der Waals surface area contributed by atoms with Gasteiger partial charge in [0.05, 0.1) is 12.5 Å². The van der Waals surface area contributed by atoms with Crippen LogP contribution in [0.15, 0.2) is 48.8 Å². The fourth-order valence-corrected chi connectivity index (χ4v) is 6.48. The predicted molar refractivity (Wildman–Crippen MR) is 166 cm³/mol. The zero-order valence-electron chi connectivity index (χ0n) is 25.6. The van der Waals surface area contributed by atoms with E-state index in [9.17, 15) is 23.1 Å². The summed E-state index contributed by atoms with van der Waals surface area (Å²) in [5.74, 6) is -0.128. The third kappa shape index (κ3) is 7.50. The van der Waals surface area contributed by atoms with Crippen molar-refractivity contribution in [3.8, 4) is 0 Å². The molecule has 2 aromatic rings. The zero-order valence-corrected chi connectivity index (χ0v) is 25.6. The standard InChI is InChI=1S/C32H42F3N7O2/c1-6-28(43)38-26-10-11-41(18-26)16-23-12-27(29(37-4)42(17-23)19-32(33,34)35)30(44)39-25-9-7-8-24(13-25)31(14-21(2)15-31)22(3)40(5)20-36/h7-9,12-13,17,20-21,26,28,36,38,43H,3-4,6,10-11,14-16,18-19H2,1-2,5H3/p+1/t21-,26?,28?,31-. The van der Waals surface area contributed by atoms with Crippen LogP contribution < -0.4 is 20.8 Å². The summed E-state index contributed by atoms with van der Waals surface area (Å²) in [7, 11) is 1.78. The Bertz CT molecular complexity index is 1470. The van der Waals surface area contributed by atoms with Crippen LogP contribution in [0.25, 0.3) is 0 Å². The average Bonchev–Trinajstić information content (AvgIpc) is 3.39. The van der Waals surface area contributed by atoms with Gasteiger partial charge in [-0.1, -0.05) is 32.6 Å². The van der Waals surface area contributed by atoms with Crippen molar-refractivity contribution in [3.63, 3.8) is 0 Å². The van der Waals surface area contributed by atoms with Crippen molar-refractivity contribution in [2.75, 3.05) is 25.5 Å². The minimum atomic E-state index is -4.54. The minimum Gasteiger partial charge on any atom is -0.379 e. The zero-order chi connectivity index (χ0) is 32.2. The van der Waals surface area contributed by atoms with Crippen LogP contribution in [0.2, 0.25) is 0 Å². The van der Waals surface area contributed by atoms with Gasteiger partial charge in [0.25, 0.3) is 5.91 Å². The Morgan fingerprint density at radius 3 is 2.68 bits per heavy atom. The fraction of sp³-hybridized carbons (Fsp3) is 0.500. The number of halogens is 3. The molecule has 4 rings (SSSR count). The number of likely N-dealkylation sites (N-methyl/N-ethyl adjacent to an activating group) is 1. The molecule has 44 heavy (non-hydrogen) atoms. The first-order valence-electron chi connectivity index (χ1n) is 14.9. The van der Waals surface area contributed by atoms with Gasteiger partial charge in [-0.15, -0.1) is 0 Å². The van der Waals surface area contributed by atoms with Crippen LogP contribution in [0.4, 0.5) is 18.9 Å². The number of hydrogen-bond donors (Lipinski definition) is 4. The van der Waals surface area contributed by atoms with Crippen molar-refractivity contribution in [2.24, 2.45) is 5.92 Å². The van der Waals surface area contributed by atoms with Gasteiger partial charge in [-0.2, -0.15) is 13.2 Å². The molecule has 4 N–H and O–H groups in total. The number of nitrogens with one attached hydrogen (secondary N) is 3. The molecule has 0 bridgehead atoms. The quantitative estimate of drug-likeness (QED) is 0.127. The number of carbonyl (C=O) groups is 1. The average molecular weight is 615 g/mol. The fourth-order valence-electron chi connectivity index (χ4n) is 6.48. The maximum absolute atomic E-state index is 13.7. The Morgan fingerprint density at radius 2 is 2.07 bits per heavy atom. The van der Waals surface area contributed by atoms with Crippen molar-refractivity contribution >= 4 is 24.7 Å². The molecule has 12 heteroatoms. The normalized spacial score (nSPS) is 22.5. The summed E-state index contributed by atoms with van der Waals surface area (Å²) in [4.78, 5) is 17.5. The highest BCUT2D eigenvalue weighted by molar-refractivity contribution is 6.04. The molecular formula is C32H43F3N7O2+. The molecule has 1 saturated heterocycles. The lowest BCUT2D eigenvalue weighted by atomic mass is 9.57. The lowest BCUT2D eigenvalue weighted by Crippen LogP contribution is -2.45. The van der Waals surface area contributed by atoms with Crippen LogP contribution in [-0.4, -0.2) is 77.0 Å². The highest BCUT2D eigenvalue weighted by Crippen LogP contribution is 2.52. The molecule has 2 atom stereocenters. The highest BCUT2D eigenvalue weighted by atomic mass is 19.4. The van der Waals surface area contributed by atoms with Gasteiger partial charge in [0.2, 0.25) is 0 Å². The highest BCUT2D eigenvalue weighted by Gasteiger charge is 2.47. The van der Waals surface area contributed by atoms with E-state index < -0.39 is 24.9 Å². The first kappa shape index (κ1) is 33.2. The number of amides is 1. The lowest BCUT2D eigenvalue weighted by molar-refractivity contribution is -0.141. The van der Waals surface area contributed by atoms with Crippen LogP contribution >= 0.6 is 0 Å². The van der Waals surface area contributed by atoms with E-state index in [2.05, 4.69) is 40.4 Å². The van der Waals surface area contributed by atoms with Gasteiger partial charge in [0, 0.05) is 55.1 Å². The number of hydrogen-bond acceptors (Lipinski definition) is 5. The summed E-state index contributed by atoms with van der Waals surface area (Å²) in [5, 5.41) is 23.7. The second kappa shape index (κ2) is 13.5. The summed E-state index contributed by atoms with van der Waals surface area (Å²) in [6.07, 6.45) is 0.495. The number of likely N-dealkylation sites (tertiary alicyclic amines) is 1. The van der Waals surface area contributed by atoms with Crippen molar-refractivity contribution in [1.29, 1.82) is 5.41 Å². The molecule has 2 heterocycles. The monoisotopic (exact) mass is 614 g/mol. The number of aromatic nitrogens is 1. The molecule has 238 valence electrons. The molecule has 0 radical (unpaired) electrons. The lowest BCUT2D eigenvalue weighted by Gasteiger charge is -2.50. The number of anilines is 1. The number of allylic oxidation sites excluding steroid dienone is 1. The van der Waals surface area contributed by atoms with E-state index in [0.29, 0.717) is 43.2 Å². The van der Waals surface area contributed by atoms with Gasteiger partial charge in [0.15, 0.2) is 13.3 Å². The molecule has 1 amide bonds. The Balaban J connectivity index is 1.63. The Kier molecular flexibility index (Phi) is 10.2. The second-order valence-corrected chi connectivity index (χ2v) is 12.1. The van der Waals surface area contributed by atoms with Crippen LogP contribution in [0.5, 0.6) is 0 Å². The minimum absolute atomic E-state index is 0.0117. The molecule has 2 fully saturated rings. The molecule has 1 aliphatic heterocycles. The third-order valence-electron chi connectivity index (χ3n) is 8.64. The van der Waals surface area contributed by atoms with E-state index in [1.54, 1.807) is 24.1 Å². The van der Waals surface area contributed by atoms with Crippen LogP contribution in [0.3, 0.4) is 0 Å². The number of pyridine rings is 1. The van der Waals surface area contributed by atoms with E-state index in [0.717, 1.165) is 35.1 Å². The number of carbonyl (C=O) groups excluding carboxylic acids is 1. The summed E-state index contributed by atoms with van der Waals surface area (Å²) in [5.41, 5.74) is 2.19. The van der Waals surface area contributed by atoms with E-state index in [1.807, 2.05) is 25.1 Å². The van der Waals surface area contributed by atoms with Crippen molar-refractivity contribution in [2.45, 2.75) is 76.5 Å². The van der Waals surface area contributed by atoms with E-state index >= 15 is 0 Å². The van der Waals surface area contributed by atoms with Crippen molar-refractivity contribution in [1.82, 2.24) is 24.4 Å². The molecule has 1 aromatic heterocycles. The van der Waals surface area contributed by atoms with Gasteiger partial charge in [-0.05, 0) is 55.4 Å². The third-order valence-corrected chi connectivity index (χ3v) is 8.64. The van der Waals surface area contributed by atoms with Gasteiger partial charge < -0.3 is 15.3 Å². The Hall–Kier alpha value is -3.70. The van der Waals surface area contributed by atoms with E-state index in [1.165, 1.54) is 12.5 Å². The van der Waals surface area contributed by atoms with E-state index in [-0.39, 0.29) is 22.5 Å². The summed E-state index contributed by atoms with van der Waals surface area (Å²) in [6.45, 7) is 12.1. The molecule has 1 aromatic carbocycles. The van der Waals surface area contributed by atoms with Crippen LogP contribution in [0.1, 0.15) is 61.0 Å². The topological polar surface area (TPSA) is 111 Å². The number of nitrogens with zero attached hydrogens (tertiary/aromatic N) is 4. The molecule has 1 saturated carbocycles. The summed E-state index contributed by atoms with van der Waals surface area (Å²) >= 11 is 0. The number of alkyl halides is 3. The first-order chi connectivity index (χ1) is 20.8. The molecular weight excluding hydrogens is 571 g/mol. The first-order valence-corrected chi connectivity index (χ1v) is 14.9. The van der Waals surface area contributed by atoms with Gasteiger partial charge in [0.1, 0.15) is 11.8 Å². The summed E-state index contributed by atoms with van der Waals surface area (Å²) < 4.78 is 45.6.